The highest BCUT2D eigenvalue weighted by atomic mass is 15.1. The molecule has 9 aromatic carbocycles. The van der Waals surface area contributed by atoms with Gasteiger partial charge in [0, 0.05) is 33.5 Å². The van der Waals surface area contributed by atoms with Crippen molar-refractivity contribution in [2.24, 2.45) is 0 Å². The average Bonchev–Trinajstić information content (AvgIpc) is 3.64. The maximum absolute atomic E-state index is 3.88. The van der Waals surface area contributed by atoms with Crippen LogP contribution in [0, 0.1) is 0 Å². The van der Waals surface area contributed by atoms with Crippen LogP contribution in [0.4, 0.5) is 17.1 Å². The van der Waals surface area contributed by atoms with Gasteiger partial charge in [-0.25, -0.2) is 0 Å². The van der Waals surface area contributed by atoms with E-state index in [1.165, 1.54) is 72.0 Å². The van der Waals surface area contributed by atoms with Gasteiger partial charge in [-0.3, -0.25) is 0 Å². The zero-order chi connectivity index (χ0) is 38.8. The van der Waals surface area contributed by atoms with Gasteiger partial charge in [0.2, 0.25) is 0 Å². The highest BCUT2D eigenvalue weighted by Crippen LogP contribution is 2.39. The van der Waals surface area contributed by atoms with E-state index in [9.17, 15) is 0 Å². The van der Waals surface area contributed by atoms with E-state index in [-0.39, 0.29) is 0 Å². The molecule has 0 radical (unpaired) electrons. The first-order valence-electron chi connectivity index (χ1n) is 19.8. The molecule has 0 unspecified atom stereocenters. The van der Waals surface area contributed by atoms with Crippen molar-refractivity contribution < 1.29 is 0 Å². The van der Waals surface area contributed by atoms with Crippen molar-refractivity contribution in [2.45, 2.75) is 0 Å². The quantitative estimate of drug-likeness (QED) is 0.143. The minimum Gasteiger partial charge on any atom is -0.311 e. The molecular weight excluding hydrogens is 701 g/mol. The third kappa shape index (κ3) is 6.57. The summed E-state index contributed by atoms with van der Waals surface area (Å²) in [5.74, 6) is 0. The number of hydrogen-bond donors (Lipinski definition) is 0. The fourth-order valence-corrected chi connectivity index (χ4v) is 8.16. The molecule has 0 atom stereocenters. The number of benzene rings is 9. The first-order chi connectivity index (χ1) is 28.7. The molecule has 10 aromatic rings. The summed E-state index contributed by atoms with van der Waals surface area (Å²) in [7, 11) is 0. The Labute approximate surface area is 339 Å². The fraction of sp³-hybridized carbons (Fsp3) is 0. The maximum atomic E-state index is 3.88. The summed E-state index contributed by atoms with van der Waals surface area (Å²) in [5, 5.41) is 2.50. The number of hydrogen-bond acceptors (Lipinski definition) is 1. The standard InChI is InChI=1S/C56H40N2/c1-2-40-17-19-42(20-18-40)43-21-23-44(24-22-43)46-27-34-51(35-28-46)57(50-32-25-45(26-33-50)41-11-5-3-6-12-41)52-36-29-47(30-37-52)48-31-38-56-54(39-48)53-15-9-10-16-55(53)58(56)49-13-7-4-8-14-49/h2-39H,1H2. The van der Waals surface area contributed by atoms with Crippen molar-refractivity contribution in [3.8, 4) is 50.2 Å². The molecule has 10 rings (SSSR count). The maximum Gasteiger partial charge on any atom is 0.0541 e. The second-order valence-corrected chi connectivity index (χ2v) is 14.7. The van der Waals surface area contributed by atoms with Crippen molar-refractivity contribution in [1.29, 1.82) is 0 Å². The number of fused-ring (bicyclic) bond motifs is 3. The smallest absolute Gasteiger partial charge is 0.0541 e. The number of rotatable bonds is 9. The molecule has 2 nitrogen and oxygen atoms in total. The molecule has 1 heterocycles. The molecule has 1 aromatic heterocycles. The van der Waals surface area contributed by atoms with Crippen molar-refractivity contribution >= 4 is 44.9 Å². The lowest BCUT2D eigenvalue weighted by atomic mass is 9.99. The predicted octanol–water partition coefficient (Wildman–Crippen LogP) is 15.6. The topological polar surface area (TPSA) is 8.17 Å². The average molecular weight is 741 g/mol. The molecule has 0 bridgehead atoms. The SMILES string of the molecule is C=Cc1ccc(-c2ccc(-c3ccc(N(c4ccc(-c5ccccc5)cc4)c4ccc(-c5ccc6c(c5)c5ccccc5n6-c5ccccc5)cc4)cc3)cc2)cc1. The highest BCUT2D eigenvalue weighted by Gasteiger charge is 2.16. The Morgan fingerprint density at radius 1 is 0.328 bits per heavy atom. The lowest BCUT2D eigenvalue weighted by Gasteiger charge is -2.26. The minimum absolute atomic E-state index is 1.09. The van der Waals surface area contributed by atoms with Gasteiger partial charge < -0.3 is 9.47 Å². The van der Waals surface area contributed by atoms with Crippen molar-refractivity contribution in [3.05, 3.63) is 237 Å². The zero-order valence-corrected chi connectivity index (χ0v) is 32.0. The van der Waals surface area contributed by atoms with Crippen LogP contribution in [0.1, 0.15) is 5.56 Å². The van der Waals surface area contributed by atoms with Gasteiger partial charge in [-0.1, -0.05) is 170 Å². The second-order valence-electron chi connectivity index (χ2n) is 14.7. The van der Waals surface area contributed by atoms with Gasteiger partial charge in [0.15, 0.2) is 0 Å². The van der Waals surface area contributed by atoms with Crippen molar-refractivity contribution in [1.82, 2.24) is 4.57 Å². The van der Waals surface area contributed by atoms with Gasteiger partial charge in [0.1, 0.15) is 0 Å². The van der Waals surface area contributed by atoms with E-state index in [0.29, 0.717) is 0 Å². The third-order valence-corrected chi connectivity index (χ3v) is 11.2. The van der Waals surface area contributed by atoms with Gasteiger partial charge >= 0.3 is 0 Å². The number of para-hydroxylation sites is 2. The van der Waals surface area contributed by atoms with Crippen LogP contribution in [0.25, 0.3) is 78.1 Å². The van der Waals surface area contributed by atoms with Crippen LogP contribution in [0.15, 0.2) is 231 Å². The number of anilines is 3. The molecule has 0 aliphatic heterocycles. The summed E-state index contributed by atoms with van der Waals surface area (Å²) >= 11 is 0. The van der Waals surface area contributed by atoms with Crippen LogP contribution in [0.3, 0.4) is 0 Å². The van der Waals surface area contributed by atoms with E-state index in [1.54, 1.807) is 0 Å². The molecule has 58 heavy (non-hydrogen) atoms. The predicted molar refractivity (Wildman–Crippen MR) is 247 cm³/mol. The third-order valence-electron chi connectivity index (χ3n) is 11.2. The molecular formula is C56H40N2. The summed E-state index contributed by atoms with van der Waals surface area (Å²) in [6, 6.07) is 80.8. The Kier molecular flexibility index (Phi) is 9.06. The minimum atomic E-state index is 1.09. The zero-order valence-electron chi connectivity index (χ0n) is 32.0. The normalized spacial score (nSPS) is 11.2. The largest absolute Gasteiger partial charge is 0.311 e. The van der Waals surface area contributed by atoms with E-state index >= 15 is 0 Å². The van der Waals surface area contributed by atoms with Gasteiger partial charge in [-0.15, -0.1) is 0 Å². The van der Waals surface area contributed by atoms with Gasteiger partial charge in [0.25, 0.3) is 0 Å². The van der Waals surface area contributed by atoms with E-state index in [1.807, 2.05) is 6.08 Å². The van der Waals surface area contributed by atoms with Crippen LogP contribution in [-0.2, 0) is 0 Å². The van der Waals surface area contributed by atoms with Crippen LogP contribution in [0.2, 0.25) is 0 Å². The second kappa shape index (κ2) is 15.1. The van der Waals surface area contributed by atoms with Crippen LogP contribution < -0.4 is 4.90 Å². The molecule has 0 fully saturated rings. The Hall–Kier alpha value is -7.68. The monoisotopic (exact) mass is 740 g/mol. The molecule has 0 amide bonds. The Morgan fingerprint density at radius 2 is 0.707 bits per heavy atom. The number of aromatic nitrogens is 1. The van der Waals surface area contributed by atoms with E-state index < -0.39 is 0 Å². The molecule has 0 aliphatic carbocycles. The van der Waals surface area contributed by atoms with Crippen molar-refractivity contribution in [3.63, 3.8) is 0 Å². The molecule has 0 aliphatic rings. The summed E-state index contributed by atoms with van der Waals surface area (Å²) in [6.45, 7) is 3.88. The lowest BCUT2D eigenvalue weighted by molar-refractivity contribution is 1.18. The summed E-state index contributed by atoms with van der Waals surface area (Å²) in [4.78, 5) is 2.34. The summed E-state index contributed by atoms with van der Waals surface area (Å²) < 4.78 is 2.36. The fourth-order valence-electron chi connectivity index (χ4n) is 8.16. The Balaban J connectivity index is 0.990. The first-order valence-corrected chi connectivity index (χ1v) is 19.8. The summed E-state index contributed by atoms with van der Waals surface area (Å²) in [5.41, 5.74) is 17.5. The first kappa shape index (κ1) is 34.8. The number of nitrogens with zero attached hydrogens (tertiary/aromatic N) is 2. The van der Waals surface area contributed by atoms with Gasteiger partial charge in [-0.05, 0) is 117 Å². The molecule has 0 saturated carbocycles. The molecule has 274 valence electrons. The molecule has 2 heteroatoms. The van der Waals surface area contributed by atoms with Crippen LogP contribution >= 0.6 is 0 Å². The van der Waals surface area contributed by atoms with Gasteiger partial charge in [0.05, 0.1) is 11.0 Å². The molecule has 0 saturated heterocycles. The van der Waals surface area contributed by atoms with Crippen LogP contribution in [-0.4, -0.2) is 4.57 Å². The molecule has 0 N–H and O–H groups in total. The molecule has 0 spiro atoms. The Morgan fingerprint density at radius 3 is 1.22 bits per heavy atom. The Bertz CT molecular complexity index is 3000. The van der Waals surface area contributed by atoms with E-state index in [2.05, 4.69) is 241 Å². The van der Waals surface area contributed by atoms with Crippen molar-refractivity contribution in [2.75, 3.05) is 4.90 Å². The highest BCUT2D eigenvalue weighted by molar-refractivity contribution is 6.10. The lowest BCUT2D eigenvalue weighted by Crippen LogP contribution is -2.09. The summed E-state index contributed by atoms with van der Waals surface area (Å²) in [6.07, 6.45) is 1.88. The van der Waals surface area contributed by atoms with E-state index in [4.69, 9.17) is 0 Å². The van der Waals surface area contributed by atoms with Crippen LogP contribution in [0.5, 0.6) is 0 Å². The van der Waals surface area contributed by atoms with Gasteiger partial charge in [-0.2, -0.15) is 0 Å². The van der Waals surface area contributed by atoms with E-state index in [0.717, 1.165) is 22.6 Å².